The zero-order valence-corrected chi connectivity index (χ0v) is 13.9. The number of benzene rings is 1. The zero-order chi connectivity index (χ0) is 14.0. The maximum absolute atomic E-state index is 12.1. The standard InChI is InChI=1S/C12H6Br2Cl2N2O/c13-6-1-2-9(15)10(4-6)18-12(19)8-3-7(14)5-17-11(8)16/h1-5H,(H,18,19). The molecule has 0 atom stereocenters. The smallest absolute Gasteiger partial charge is 0.258 e. The fourth-order valence-electron chi connectivity index (χ4n) is 1.36. The van der Waals surface area contributed by atoms with Crippen LogP contribution in [-0.2, 0) is 0 Å². The predicted molar refractivity (Wildman–Crippen MR) is 84.1 cm³/mol. The van der Waals surface area contributed by atoms with Crippen LogP contribution >= 0.6 is 55.1 Å². The van der Waals surface area contributed by atoms with E-state index in [0.717, 1.165) is 4.47 Å². The number of aromatic nitrogens is 1. The molecule has 1 heterocycles. The summed E-state index contributed by atoms with van der Waals surface area (Å²) in [5.41, 5.74) is 0.768. The molecule has 0 saturated heterocycles. The second kappa shape index (κ2) is 6.22. The molecule has 1 N–H and O–H groups in total. The third-order valence-electron chi connectivity index (χ3n) is 2.23. The van der Waals surface area contributed by atoms with Gasteiger partial charge in [-0.3, -0.25) is 4.79 Å². The lowest BCUT2D eigenvalue weighted by atomic mass is 10.2. The molecule has 0 bridgehead atoms. The van der Waals surface area contributed by atoms with Crippen molar-refractivity contribution in [3.05, 3.63) is 55.1 Å². The van der Waals surface area contributed by atoms with E-state index in [-0.39, 0.29) is 16.6 Å². The number of carbonyl (C=O) groups excluding carboxylic acids is 1. The van der Waals surface area contributed by atoms with Gasteiger partial charge in [-0.1, -0.05) is 39.1 Å². The van der Waals surface area contributed by atoms with Gasteiger partial charge in [0.2, 0.25) is 0 Å². The predicted octanol–water partition coefficient (Wildman–Crippen LogP) is 5.17. The van der Waals surface area contributed by atoms with E-state index >= 15 is 0 Å². The van der Waals surface area contributed by atoms with E-state index < -0.39 is 0 Å². The van der Waals surface area contributed by atoms with Crippen molar-refractivity contribution in [2.24, 2.45) is 0 Å². The summed E-state index contributed by atoms with van der Waals surface area (Å²) in [6.45, 7) is 0. The Bertz CT molecular complexity index is 650. The molecule has 0 spiro atoms. The molecule has 0 aliphatic rings. The normalized spacial score (nSPS) is 10.3. The van der Waals surface area contributed by atoms with Crippen LogP contribution < -0.4 is 5.32 Å². The summed E-state index contributed by atoms with van der Waals surface area (Å²) in [5, 5.41) is 3.26. The van der Waals surface area contributed by atoms with E-state index in [1.807, 2.05) is 0 Å². The first-order valence-electron chi connectivity index (χ1n) is 5.05. The number of nitrogens with zero attached hydrogens (tertiary/aromatic N) is 1. The van der Waals surface area contributed by atoms with E-state index in [1.165, 1.54) is 6.20 Å². The van der Waals surface area contributed by atoms with Gasteiger partial charge in [0.25, 0.3) is 5.91 Å². The van der Waals surface area contributed by atoms with Gasteiger partial charge in [-0.05, 0) is 40.2 Å². The van der Waals surface area contributed by atoms with Crippen LogP contribution in [0.15, 0.2) is 39.4 Å². The minimum atomic E-state index is -0.376. The molecule has 1 aromatic carbocycles. The van der Waals surface area contributed by atoms with Crippen LogP contribution in [0, 0.1) is 0 Å². The zero-order valence-electron chi connectivity index (χ0n) is 9.25. The highest BCUT2D eigenvalue weighted by atomic mass is 79.9. The van der Waals surface area contributed by atoms with E-state index in [1.54, 1.807) is 24.3 Å². The first kappa shape index (κ1) is 14.8. The van der Waals surface area contributed by atoms with Gasteiger partial charge >= 0.3 is 0 Å². The van der Waals surface area contributed by atoms with Gasteiger partial charge in [-0.2, -0.15) is 0 Å². The van der Waals surface area contributed by atoms with Crippen molar-refractivity contribution >= 4 is 66.7 Å². The van der Waals surface area contributed by atoms with Crippen LogP contribution in [-0.4, -0.2) is 10.9 Å². The summed E-state index contributed by atoms with van der Waals surface area (Å²) in [6.07, 6.45) is 1.52. The number of anilines is 1. The highest BCUT2D eigenvalue weighted by Crippen LogP contribution is 2.27. The number of pyridine rings is 1. The van der Waals surface area contributed by atoms with Crippen LogP contribution in [0.5, 0.6) is 0 Å². The average molecular weight is 425 g/mol. The molecular weight excluding hydrogens is 419 g/mol. The van der Waals surface area contributed by atoms with Crippen molar-refractivity contribution in [2.75, 3.05) is 5.32 Å². The molecule has 0 fully saturated rings. The molecule has 1 amide bonds. The fraction of sp³-hybridized carbons (Fsp3) is 0. The van der Waals surface area contributed by atoms with Crippen LogP contribution in [0.25, 0.3) is 0 Å². The van der Waals surface area contributed by atoms with E-state index in [2.05, 4.69) is 42.2 Å². The summed E-state index contributed by atoms with van der Waals surface area (Å²) in [4.78, 5) is 16.0. The molecule has 3 nitrogen and oxygen atoms in total. The molecule has 19 heavy (non-hydrogen) atoms. The third-order valence-corrected chi connectivity index (χ3v) is 3.78. The Hall–Kier alpha value is -0.620. The Morgan fingerprint density at radius 3 is 2.63 bits per heavy atom. The van der Waals surface area contributed by atoms with E-state index in [4.69, 9.17) is 23.2 Å². The van der Waals surface area contributed by atoms with Crippen molar-refractivity contribution < 1.29 is 4.79 Å². The Labute approximate surface area is 136 Å². The van der Waals surface area contributed by atoms with Crippen LogP contribution in [0.1, 0.15) is 10.4 Å². The SMILES string of the molecule is O=C(Nc1cc(Br)ccc1Cl)c1cc(Br)cnc1Cl. The van der Waals surface area contributed by atoms with Crippen molar-refractivity contribution in [3.63, 3.8) is 0 Å². The lowest BCUT2D eigenvalue weighted by Gasteiger charge is -2.08. The van der Waals surface area contributed by atoms with Gasteiger partial charge in [0.1, 0.15) is 5.15 Å². The highest BCUT2D eigenvalue weighted by molar-refractivity contribution is 9.10. The van der Waals surface area contributed by atoms with Crippen LogP contribution in [0.3, 0.4) is 0 Å². The minimum Gasteiger partial charge on any atom is -0.320 e. The Morgan fingerprint density at radius 2 is 1.89 bits per heavy atom. The third kappa shape index (κ3) is 3.69. The monoisotopic (exact) mass is 422 g/mol. The molecule has 0 aliphatic heterocycles. The van der Waals surface area contributed by atoms with E-state index in [9.17, 15) is 4.79 Å². The van der Waals surface area contributed by atoms with Gasteiger partial charge in [0.15, 0.2) is 0 Å². The van der Waals surface area contributed by atoms with Crippen molar-refractivity contribution in [3.8, 4) is 0 Å². The lowest BCUT2D eigenvalue weighted by molar-refractivity contribution is 0.102. The summed E-state index contributed by atoms with van der Waals surface area (Å²) < 4.78 is 1.48. The Balaban J connectivity index is 2.30. The Kier molecular flexibility index (Phi) is 4.84. The molecule has 0 saturated carbocycles. The molecule has 0 aliphatic carbocycles. The molecule has 2 aromatic rings. The molecule has 2 rings (SSSR count). The molecule has 0 unspecified atom stereocenters. The maximum Gasteiger partial charge on any atom is 0.258 e. The highest BCUT2D eigenvalue weighted by Gasteiger charge is 2.14. The fourth-order valence-corrected chi connectivity index (χ4v) is 2.41. The van der Waals surface area contributed by atoms with Gasteiger partial charge in [-0.25, -0.2) is 4.98 Å². The van der Waals surface area contributed by atoms with E-state index in [0.29, 0.717) is 15.2 Å². The summed E-state index contributed by atoms with van der Waals surface area (Å²) in [5.74, 6) is -0.376. The Morgan fingerprint density at radius 1 is 1.16 bits per heavy atom. The topological polar surface area (TPSA) is 42.0 Å². The quantitative estimate of drug-likeness (QED) is 0.676. The first-order valence-corrected chi connectivity index (χ1v) is 7.39. The van der Waals surface area contributed by atoms with Crippen LogP contribution in [0.4, 0.5) is 5.69 Å². The van der Waals surface area contributed by atoms with Gasteiger partial charge in [0, 0.05) is 15.1 Å². The van der Waals surface area contributed by atoms with Crippen molar-refractivity contribution in [2.45, 2.75) is 0 Å². The number of hydrogen-bond acceptors (Lipinski definition) is 2. The number of hydrogen-bond donors (Lipinski definition) is 1. The first-order chi connectivity index (χ1) is 8.97. The largest absolute Gasteiger partial charge is 0.320 e. The summed E-state index contributed by atoms with van der Waals surface area (Å²) in [6, 6.07) is 6.77. The second-order valence-corrected chi connectivity index (χ2v) is 6.17. The number of amides is 1. The molecular formula is C12H6Br2Cl2N2O. The average Bonchev–Trinajstić information content (AvgIpc) is 2.36. The molecule has 7 heteroatoms. The van der Waals surface area contributed by atoms with Crippen molar-refractivity contribution in [1.29, 1.82) is 0 Å². The van der Waals surface area contributed by atoms with Gasteiger partial charge in [-0.15, -0.1) is 0 Å². The van der Waals surface area contributed by atoms with Gasteiger partial charge in [0.05, 0.1) is 16.3 Å². The number of halogens is 4. The summed E-state index contributed by atoms with van der Waals surface area (Å²) >= 11 is 18.5. The van der Waals surface area contributed by atoms with Crippen LogP contribution in [0.2, 0.25) is 10.2 Å². The molecule has 98 valence electrons. The lowest BCUT2D eigenvalue weighted by Crippen LogP contribution is -2.13. The minimum absolute atomic E-state index is 0.131. The molecule has 0 radical (unpaired) electrons. The van der Waals surface area contributed by atoms with Crippen molar-refractivity contribution in [1.82, 2.24) is 4.98 Å². The second-order valence-electron chi connectivity index (χ2n) is 3.57. The maximum atomic E-state index is 12.1. The molecule has 1 aromatic heterocycles. The number of rotatable bonds is 2. The summed E-state index contributed by atoms with van der Waals surface area (Å²) in [7, 11) is 0. The number of nitrogens with one attached hydrogen (secondary N) is 1. The van der Waals surface area contributed by atoms with Gasteiger partial charge < -0.3 is 5.32 Å². The number of carbonyl (C=O) groups is 1.